The zero-order valence-corrected chi connectivity index (χ0v) is 16.6. The lowest BCUT2D eigenvalue weighted by atomic mass is 9.96. The number of aryl methyl sites for hydroxylation is 1. The van der Waals surface area contributed by atoms with Gasteiger partial charge >= 0.3 is 0 Å². The molecular weight excluding hydrogens is 450 g/mol. The first-order valence-corrected chi connectivity index (χ1v) is 9.53. The number of likely N-dealkylation sites (tertiary alicyclic amines) is 1. The smallest absolute Gasteiger partial charge is 0.254 e. The number of hydrogen-bond donors (Lipinski definition) is 1. The van der Waals surface area contributed by atoms with Gasteiger partial charge in [0.2, 0.25) is 0 Å². The molecule has 8 heteroatoms. The van der Waals surface area contributed by atoms with Crippen LogP contribution in [0.2, 0.25) is 0 Å². The standard InChI is InChI=1S/C18H20FIN4O2/c1-23-11-13(10-22-23)17(25)21-9-12-4-6-24(7-5-12)18(26)15-3-2-14(19)8-16(15)20/h2-3,8,10-12H,4-7,9H2,1H3,(H,21,25). The Bertz CT molecular complexity index is 815. The van der Waals surface area contributed by atoms with Gasteiger partial charge in [-0.25, -0.2) is 4.39 Å². The number of carbonyl (C=O) groups is 2. The summed E-state index contributed by atoms with van der Waals surface area (Å²) < 4.78 is 15.4. The summed E-state index contributed by atoms with van der Waals surface area (Å²) in [6.07, 6.45) is 4.88. The Balaban J connectivity index is 1.49. The van der Waals surface area contributed by atoms with Gasteiger partial charge < -0.3 is 10.2 Å². The number of aromatic nitrogens is 2. The molecular formula is C18H20FIN4O2. The molecule has 1 fully saturated rings. The third kappa shape index (κ3) is 4.40. The Hall–Kier alpha value is -1.97. The number of benzene rings is 1. The molecule has 0 atom stereocenters. The SMILES string of the molecule is Cn1cc(C(=O)NCC2CCN(C(=O)c3ccc(F)cc3I)CC2)cn1. The van der Waals surface area contributed by atoms with Crippen LogP contribution in [0.5, 0.6) is 0 Å². The van der Waals surface area contributed by atoms with E-state index in [1.165, 1.54) is 12.1 Å². The predicted molar refractivity (Wildman–Crippen MR) is 103 cm³/mol. The maximum absolute atomic E-state index is 13.2. The number of piperidine rings is 1. The minimum Gasteiger partial charge on any atom is -0.352 e. The Kier molecular flexibility index (Phi) is 5.90. The second kappa shape index (κ2) is 8.15. The highest BCUT2D eigenvalue weighted by molar-refractivity contribution is 14.1. The maximum atomic E-state index is 13.2. The average Bonchev–Trinajstić information content (AvgIpc) is 3.06. The Labute approximate surface area is 164 Å². The van der Waals surface area contributed by atoms with Gasteiger partial charge in [-0.2, -0.15) is 5.10 Å². The van der Waals surface area contributed by atoms with Crippen LogP contribution in [0.1, 0.15) is 33.6 Å². The van der Waals surface area contributed by atoms with E-state index in [0.717, 1.165) is 12.8 Å². The highest BCUT2D eigenvalue weighted by Crippen LogP contribution is 2.21. The minimum absolute atomic E-state index is 0.0627. The van der Waals surface area contributed by atoms with Crippen LogP contribution in [0.15, 0.2) is 30.6 Å². The molecule has 1 aromatic heterocycles. The van der Waals surface area contributed by atoms with Crippen LogP contribution in [0.3, 0.4) is 0 Å². The number of amides is 2. The largest absolute Gasteiger partial charge is 0.352 e. The number of rotatable bonds is 4. The van der Waals surface area contributed by atoms with Gasteiger partial charge in [0.05, 0.1) is 17.3 Å². The van der Waals surface area contributed by atoms with Crippen molar-refractivity contribution in [3.8, 4) is 0 Å². The van der Waals surface area contributed by atoms with E-state index in [9.17, 15) is 14.0 Å². The molecule has 6 nitrogen and oxygen atoms in total. The molecule has 0 saturated carbocycles. The van der Waals surface area contributed by atoms with Crippen molar-refractivity contribution in [2.24, 2.45) is 13.0 Å². The van der Waals surface area contributed by atoms with Crippen LogP contribution in [0, 0.1) is 15.3 Å². The lowest BCUT2D eigenvalue weighted by Crippen LogP contribution is -2.41. The summed E-state index contributed by atoms with van der Waals surface area (Å²) >= 11 is 1.99. The van der Waals surface area contributed by atoms with E-state index in [0.29, 0.717) is 40.2 Å². The van der Waals surface area contributed by atoms with Gasteiger partial charge in [-0.3, -0.25) is 14.3 Å². The monoisotopic (exact) mass is 470 g/mol. The van der Waals surface area contributed by atoms with Gasteiger partial charge in [-0.15, -0.1) is 0 Å². The highest BCUT2D eigenvalue weighted by Gasteiger charge is 2.25. The van der Waals surface area contributed by atoms with Gasteiger partial charge in [0, 0.05) is 36.4 Å². The summed E-state index contributed by atoms with van der Waals surface area (Å²) in [4.78, 5) is 26.5. The summed E-state index contributed by atoms with van der Waals surface area (Å²) in [6, 6.07) is 4.23. The van der Waals surface area contributed by atoms with Crippen LogP contribution in [-0.4, -0.2) is 46.1 Å². The predicted octanol–water partition coefficient (Wildman–Crippen LogP) is 2.45. The van der Waals surface area contributed by atoms with Gasteiger partial charge in [-0.1, -0.05) is 0 Å². The number of halogens is 2. The molecule has 1 saturated heterocycles. The molecule has 0 spiro atoms. The molecule has 138 valence electrons. The lowest BCUT2D eigenvalue weighted by Gasteiger charge is -2.32. The lowest BCUT2D eigenvalue weighted by molar-refractivity contribution is 0.0683. The molecule has 1 N–H and O–H groups in total. The van der Waals surface area contributed by atoms with Crippen molar-refractivity contribution < 1.29 is 14.0 Å². The van der Waals surface area contributed by atoms with E-state index in [1.807, 2.05) is 22.6 Å². The Morgan fingerprint density at radius 1 is 1.35 bits per heavy atom. The van der Waals surface area contributed by atoms with Crippen LogP contribution >= 0.6 is 22.6 Å². The van der Waals surface area contributed by atoms with Crippen molar-refractivity contribution in [3.63, 3.8) is 0 Å². The molecule has 1 aliphatic rings. The molecule has 0 bridgehead atoms. The topological polar surface area (TPSA) is 67.2 Å². The fourth-order valence-corrected chi connectivity index (χ4v) is 3.76. The van der Waals surface area contributed by atoms with Crippen LogP contribution in [-0.2, 0) is 7.05 Å². The number of nitrogens with one attached hydrogen (secondary N) is 1. The highest BCUT2D eigenvalue weighted by atomic mass is 127. The van der Waals surface area contributed by atoms with E-state index in [-0.39, 0.29) is 17.6 Å². The summed E-state index contributed by atoms with van der Waals surface area (Å²) in [6.45, 7) is 1.86. The molecule has 3 rings (SSSR count). The van der Waals surface area contributed by atoms with E-state index >= 15 is 0 Å². The maximum Gasteiger partial charge on any atom is 0.254 e. The third-order valence-electron chi connectivity index (χ3n) is 4.58. The summed E-state index contributed by atoms with van der Waals surface area (Å²) in [7, 11) is 1.77. The molecule has 2 heterocycles. The van der Waals surface area contributed by atoms with E-state index in [2.05, 4.69) is 10.4 Å². The Morgan fingerprint density at radius 3 is 2.69 bits per heavy atom. The van der Waals surface area contributed by atoms with Gasteiger partial charge in [-0.05, 0) is 59.5 Å². The summed E-state index contributed by atoms with van der Waals surface area (Å²) in [5.74, 6) is -0.189. The van der Waals surface area contributed by atoms with Crippen LogP contribution < -0.4 is 5.32 Å². The van der Waals surface area contributed by atoms with E-state index < -0.39 is 0 Å². The summed E-state index contributed by atoms with van der Waals surface area (Å²) in [5, 5.41) is 6.93. The fraction of sp³-hybridized carbons (Fsp3) is 0.389. The molecule has 26 heavy (non-hydrogen) atoms. The first kappa shape index (κ1) is 18.8. The average molecular weight is 470 g/mol. The Morgan fingerprint density at radius 2 is 2.08 bits per heavy atom. The van der Waals surface area contributed by atoms with Crippen molar-refractivity contribution in [1.29, 1.82) is 0 Å². The van der Waals surface area contributed by atoms with Crippen molar-refractivity contribution in [1.82, 2.24) is 20.0 Å². The molecule has 0 unspecified atom stereocenters. The van der Waals surface area contributed by atoms with E-state index in [4.69, 9.17) is 0 Å². The van der Waals surface area contributed by atoms with Crippen LogP contribution in [0.25, 0.3) is 0 Å². The number of hydrogen-bond acceptors (Lipinski definition) is 3. The zero-order valence-electron chi connectivity index (χ0n) is 14.4. The summed E-state index contributed by atoms with van der Waals surface area (Å²) in [5.41, 5.74) is 1.08. The first-order chi connectivity index (χ1) is 12.4. The zero-order chi connectivity index (χ0) is 18.7. The van der Waals surface area contributed by atoms with Crippen molar-refractivity contribution in [3.05, 3.63) is 51.1 Å². The van der Waals surface area contributed by atoms with Gasteiger partial charge in [0.15, 0.2) is 0 Å². The normalized spacial score (nSPS) is 15.1. The van der Waals surface area contributed by atoms with Crippen molar-refractivity contribution in [2.45, 2.75) is 12.8 Å². The fourth-order valence-electron chi connectivity index (χ4n) is 3.05. The molecule has 0 aliphatic carbocycles. The van der Waals surface area contributed by atoms with Gasteiger partial charge in [0.25, 0.3) is 11.8 Å². The van der Waals surface area contributed by atoms with Crippen molar-refractivity contribution >= 4 is 34.4 Å². The molecule has 2 amide bonds. The first-order valence-electron chi connectivity index (χ1n) is 8.45. The quantitative estimate of drug-likeness (QED) is 0.699. The number of carbonyl (C=O) groups excluding carboxylic acids is 2. The molecule has 2 aromatic rings. The van der Waals surface area contributed by atoms with Crippen LogP contribution in [0.4, 0.5) is 4.39 Å². The molecule has 1 aromatic carbocycles. The third-order valence-corrected chi connectivity index (χ3v) is 5.47. The second-order valence-corrected chi connectivity index (χ2v) is 7.63. The minimum atomic E-state index is -0.339. The van der Waals surface area contributed by atoms with Gasteiger partial charge in [0.1, 0.15) is 5.82 Å². The molecule has 1 aliphatic heterocycles. The molecule has 0 radical (unpaired) electrons. The number of nitrogens with zero attached hydrogens (tertiary/aromatic N) is 3. The van der Waals surface area contributed by atoms with Crippen molar-refractivity contribution in [2.75, 3.05) is 19.6 Å². The second-order valence-electron chi connectivity index (χ2n) is 6.47. The van der Waals surface area contributed by atoms with E-state index in [1.54, 1.807) is 35.1 Å².